The summed E-state index contributed by atoms with van der Waals surface area (Å²) in [6, 6.07) is 0. The van der Waals surface area contributed by atoms with Gasteiger partial charge < -0.3 is 0 Å². The van der Waals surface area contributed by atoms with Crippen LogP contribution in [-0.4, -0.2) is 0 Å². The van der Waals surface area contributed by atoms with Crippen molar-refractivity contribution in [1.29, 1.82) is 0 Å². The molecular formula is C14H28. The minimum absolute atomic E-state index is 0.649. The van der Waals surface area contributed by atoms with Crippen LogP contribution < -0.4 is 0 Å². The summed E-state index contributed by atoms with van der Waals surface area (Å²) in [7, 11) is 0. The van der Waals surface area contributed by atoms with Crippen molar-refractivity contribution in [1.82, 2.24) is 0 Å². The monoisotopic (exact) mass is 196 g/mol. The van der Waals surface area contributed by atoms with E-state index in [9.17, 15) is 0 Å². The van der Waals surface area contributed by atoms with Gasteiger partial charge in [-0.05, 0) is 30.1 Å². The smallest absolute Gasteiger partial charge is 0.0300 e. The third-order valence-electron chi connectivity index (χ3n) is 4.48. The van der Waals surface area contributed by atoms with E-state index in [0.29, 0.717) is 5.41 Å². The van der Waals surface area contributed by atoms with E-state index in [2.05, 4.69) is 27.7 Å². The van der Waals surface area contributed by atoms with E-state index in [-0.39, 0.29) is 0 Å². The van der Waals surface area contributed by atoms with Gasteiger partial charge in [0.25, 0.3) is 0 Å². The van der Waals surface area contributed by atoms with Gasteiger partial charge in [0.05, 0.1) is 0 Å². The molecule has 0 aromatic rings. The van der Waals surface area contributed by atoms with Gasteiger partial charge in [0.15, 0.2) is 0 Å². The summed E-state index contributed by atoms with van der Waals surface area (Å²) >= 11 is 0. The summed E-state index contributed by atoms with van der Waals surface area (Å²) in [5.41, 5.74) is 0.649. The summed E-state index contributed by atoms with van der Waals surface area (Å²) in [4.78, 5) is 0. The van der Waals surface area contributed by atoms with E-state index < -0.39 is 0 Å². The Morgan fingerprint density at radius 1 is 1.36 bits per heavy atom. The standard InChI is InChI=1S/C14H28/c1-5-6-8-13-9-7-10-14(4,11-13)12(2)3/h12-13H,5-11H2,1-4H3. The van der Waals surface area contributed by atoms with Crippen LogP contribution in [0.3, 0.4) is 0 Å². The lowest BCUT2D eigenvalue weighted by atomic mass is 9.64. The first-order valence-electron chi connectivity index (χ1n) is 6.58. The van der Waals surface area contributed by atoms with E-state index in [1.165, 1.54) is 44.9 Å². The van der Waals surface area contributed by atoms with Crippen LogP contribution in [0.25, 0.3) is 0 Å². The number of hydrogen-bond acceptors (Lipinski definition) is 0. The average molecular weight is 196 g/mol. The van der Waals surface area contributed by atoms with E-state index in [0.717, 1.165) is 11.8 Å². The molecule has 1 aliphatic rings. The molecule has 0 N–H and O–H groups in total. The average Bonchev–Trinajstić information content (AvgIpc) is 2.15. The highest BCUT2D eigenvalue weighted by Gasteiger charge is 2.34. The molecule has 0 heterocycles. The molecule has 0 aromatic heterocycles. The first-order valence-corrected chi connectivity index (χ1v) is 6.58. The van der Waals surface area contributed by atoms with Crippen LogP contribution in [0.2, 0.25) is 0 Å². The van der Waals surface area contributed by atoms with Gasteiger partial charge in [-0.15, -0.1) is 0 Å². The molecule has 0 aliphatic heterocycles. The van der Waals surface area contributed by atoms with Crippen molar-refractivity contribution in [2.24, 2.45) is 17.3 Å². The molecule has 1 aliphatic carbocycles. The predicted molar refractivity (Wildman–Crippen MR) is 64.4 cm³/mol. The molecule has 0 bridgehead atoms. The van der Waals surface area contributed by atoms with Crippen molar-refractivity contribution < 1.29 is 0 Å². The second-order valence-corrected chi connectivity index (χ2v) is 5.91. The fraction of sp³-hybridized carbons (Fsp3) is 1.00. The van der Waals surface area contributed by atoms with Crippen molar-refractivity contribution in [2.45, 2.75) is 72.6 Å². The van der Waals surface area contributed by atoms with Crippen LogP contribution in [0.4, 0.5) is 0 Å². The second-order valence-electron chi connectivity index (χ2n) is 5.91. The fourth-order valence-electron chi connectivity index (χ4n) is 2.92. The minimum atomic E-state index is 0.649. The third-order valence-corrected chi connectivity index (χ3v) is 4.48. The quantitative estimate of drug-likeness (QED) is 0.591. The van der Waals surface area contributed by atoms with Gasteiger partial charge >= 0.3 is 0 Å². The topological polar surface area (TPSA) is 0 Å². The summed E-state index contributed by atoms with van der Waals surface area (Å²) in [5, 5.41) is 0. The van der Waals surface area contributed by atoms with Gasteiger partial charge in [0.2, 0.25) is 0 Å². The molecule has 0 aromatic carbocycles. The third kappa shape index (κ3) is 3.00. The van der Waals surface area contributed by atoms with Crippen molar-refractivity contribution >= 4 is 0 Å². The van der Waals surface area contributed by atoms with Gasteiger partial charge in [-0.1, -0.05) is 59.8 Å². The summed E-state index contributed by atoms with van der Waals surface area (Å²) in [5.74, 6) is 1.91. The normalized spacial score (nSPS) is 33.6. The van der Waals surface area contributed by atoms with Crippen LogP contribution in [0.15, 0.2) is 0 Å². The Morgan fingerprint density at radius 3 is 2.64 bits per heavy atom. The van der Waals surface area contributed by atoms with Gasteiger partial charge in [-0.25, -0.2) is 0 Å². The Balaban J connectivity index is 2.42. The molecule has 0 amide bonds. The molecule has 2 unspecified atom stereocenters. The molecular weight excluding hydrogens is 168 g/mol. The van der Waals surface area contributed by atoms with Crippen molar-refractivity contribution in [3.8, 4) is 0 Å². The maximum Gasteiger partial charge on any atom is -0.0300 e. The lowest BCUT2D eigenvalue weighted by Crippen LogP contribution is -2.30. The zero-order valence-corrected chi connectivity index (χ0v) is 10.6. The largest absolute Gasteiger partial charge is 0.0654 e. The molecule has 84 valence electrons. The Bertz CT molecular complexity index is 159. The van der Waals surface area contributed by atoms with Crippen LogP contribution in [0, 0.1) is 17.3 Å². The predicted octanol–water partition coefficient (Wildman–Crippen LogP) is 5.03. The van der Waals surface area contributed by atoms with Crippen LogP contribution in [0.1, 0.15) is 72.6 Å². The summed E-state index contributed by atoms with van der Waals surface area (Å²) in [6.45, 7) is 9.63. The molecule has 0 heteroatoms. The van der Waals surface area contributed by atoms with Gasteiger partial charge in [-0.2, -0.15) is 0 Å². The highest BCUT2D eigenvalue weighted by molar-refractivity contribution is 4.85. The van der Waals surface area contributed by atoms with Crippen molar-refractivity contribution in [2.75, 3.05) is 0 Å². The van der Waals surface area contributed by atoms with Gasteiger partial charge in [0, 0.05) is 0 Å². The Hall–Kier alpha value is 0. The van der Waals surface area contributed by atoms with Crippen LogP contribution >= 0.6 is 0 Å². The minimum Gasteiger partial charge on any atom is -0.0654 e. The molecule has 14 heavy (non-hydrogen) atoms. The number of unbranched alkanes of at least 4 members (excludes halogenated alkanes) is 1. The first-order chi connectivity index (χ1) is 6.58. The Morgan fingerprint density at radius 2 is 2.07 bits per heavy atom. The zero-order valence-electron chi connectivity index (χ0n) is 10.6. The van der Waals surface area contributed by atoms with Crippen LogP contribution in [0.5, 0.6) is 0 Å². The van der Waals surface area contributed by atoms with E-state index in [4.69, 9.17) is 0 Å². The first kappa shape index (κ1) is 12.1. The molecule has 0 radical (unpaired) electrons. The SMILES string of the molecule is CCCCC1CCCC(C)(C(C)C)C1. The summed E-state index contributed by atoms with van der Waals surface area (Å²) < 4.78 is 0. The lowest BCUT2D eigenvalue weighted by Gasteiger charge is -2.41. The Labute approximate surface area is 90.5 Å². The molecule has 0 nitrogen and oxygen atoms in total. The summed E-state index contributed by atoms with van der Waals surface area (Å²) in [6.07, 6.45) is 10.2. The molecule has 1 fully saturated rings. The molecule has 2 atom stereocenters. The molecule has 0 saturated heterocycles. The van der Waals surface area contributed by atoms with Crippen molar-refractivity contribution in [3.05, 3.63) is 0 Å². The highest BCUT2D eigenvalue weighted by Crippen LogP contribution is 2.45. The maximum absolute atomic E-state index is 2.51. The molecule has 1 saturated carbocycles. The van der Waals surface area contributed by atoms with Gasteiger partial charge in [-0.3, -0.25) is 0 Å². The number of hydrogen-bond donors (Lipinski definition) is 0. The number of rotatable bonds is 4. The van der Waals surface area contributed by atoms with E-state index in [1.54, 1.807) is 0 Å². The van der Waals surface area contributed by atoms with Crippen molar-refractivity contribution in [3.63, 3.8) is 0 Å². The Kier molecular flexibility index (Phi) is 4.47. The fourth-order valence-corrected chi connectivity index (χ4v) is 2.92. The van der Waals surface area contributed by atoms with E-state index >= 15 is 0 Å². The van der Waals surface area contributed by atoms with E-state index in [1.807, 2.05) is 0 Å². The van der Waals surface area contributed by atoms with Crippen LogP contribution in [-0.2, 0) is 0 Å². The maximum atomic E-state index is 2.51. The molecule has 1 rings (SSSR count). The highest BCUT2D eigenvalue weighted by atomic mass is 14.4. The lowest BCUT2D eigenvalue weighted by molar-refractivity contribution is 0.0970. The van der Waals surface area contributed by atoms with Gasteiger partial charge in [0.1, 0.15) is 0 Å². The zero-order chi connectivity index (χ0) is 10.6. The second kappa shape index (κ2) is 5.19. The molecule has 0 spiro atoms.